The summed E-state index contributed by atoms with van der Waals surface area (Å²) in [6, 6.07) is 2.90. The van der Waals surface area contributed by atoms with Crippen molar-refractivity contribution in [2.75, 3.05) is 7.05 Å². The highest BCUT2D eigenvalue weighted by Crippen LogP contribution is 2.32. The number of nitrogens with zero attached hydrogens (tertiary/aromatic N) is 1. The number of hydrogen-bond donors (Lipinski definition) is 1. The summed E-state index contributed by atoms with van der Waals surface area (Å²) in [5.74, 6) is 1.72. The summed E-state index contributed by atoms with van der Waals surface area (Å²) >= 11 is 1.66. The molecule has 0 aliphatic heterocycles. The molecular formula is C12H20N2S. The topological polar surface area (TPSA) is 24.9 Å². The van der Waals surface area contributed by atoms with E-state index in [1.807, 2.05) is 6.20 Å². The van der Waals surface area contributed by atoms with Crippen LogP contribution in [0.5, 0.6) is 0 Å². The highest BCUT2D eigenvalue weighted by Gasteiger charge is 2.27. The van der Waals surface area contributed by atoms with E-state index in [0.29, 0.717) is 0 Å². The molecule has 1 fully saturated rings. The highest BCUT2D eigenvalue weighted by atomic mass is 32.1. The third kappa shape index (κ3) is 2.79. The van der Waals surface area contributed by atoms with Gasteiger partial charge in [0.05, 0.1) is 0 Å². The van der Waals surface area contributed by atoms with Crippen LogP contribution in [-0.4, -0.2) is 17.5 Å². The second kappa shape index (κ2) is 5.08. The Morgan fingerprint density at radius 3 is 3.07 bits per heavy atom. The number of rotatable bonds is 3. The molecule has 1 N–H and O–H groups in total. The van der Waals surface area contributed by atoms with Crippen molar-refractivity contribution in [1.29, 1.82) is 0 Å². The first-order chi connectivity index (χ1) is 7.29. The molecule has 0 radical (unpaired) electrons. The van der Waals surface area contributed by atoms with Crippen LogP contribution in [0.4, 0.5) is 0 Å². The maximum absolute atomic E-state index is 4.18. The lowest BCUT2D eigenvalue weighted by molar-refractivity contribution is 0.216. The Morgan fingerprint density at radius 1 is 1.53 bits per heavy atom. The Balaban J connectivity index is 1.94. The smallest absolute Gasteiger partial charge is 0.0409 e. The summed E-state index contributed by atoms with van der Waals surface area (Å²) in [5.41, 5.74) is 0. The van der Waals surface area contributed by atoms with E-state index in [1.165, 1.54) is 30.6 Å². The lowest BCUT2D eigenvalue weighted by Gasteiger charge is -2.34. The molecule has 0 saturated heterocycles. The lowest BCUT2D eigenvalue weighted by atomic mass is 9.76. The third-order valence-corrected chi connectivity index (χ3v) is 4.49. The van der Waals surface area contributed by atoms with E-state index >= 15 is 0 Å². The molecule has 1 aliphatic rings. The third-order valence-electron chi connectivity index (χ3n) is 3.73. The van der Waals surface area contributed by atoms with Gasteiger partial charge in [-0.1, -0.05) is 6.92 Å². The average molecular weight is 224 g/mol. The average Bonchev–Trinajstić information content (AvgIpc) is 2.74. The standard InChI is InChI=1S/C12H20N2S/c1-9-3-4-11(13-2)7-10(9)8-12-5-6-14-15-12/h5-6,9-11,13H,3-4,7-8H2,1-2H3. The highest BCUT2D eigenvalue weighted by molar-refractivity contribution is 7.05. The van der Waals surface area contributed by atoms with Gasteiger partial charge in [-0.2, -0.15) is 0 Å². The zero-order valence-electron chi connectivity index (χ0n) is 9.57. The van der Waals surface area contributed by atoms with Crippen molar-refractivity contribution in [3.8, 4) is 0 Å². The van der Waals surface area contributed by atoms with Gasteiger partial charge in [0, 0.05) is 17.1 Å². The molecule has 0 spiro atoms. The Labute approximate surface area is 96.3 Å². The summed E-state index contributed by atoms with van der Waals surface area (Å²) < 4.78 is 4.18. The van der Waals surface area contributed by atoms with Crippen LogP contribution in [0.25, 0.3) is 0 Å². The van der Waals surface area contributed by atoms with Crippen molar-refractivity contribution in [1.82, 2.24) is 9.69 Å². The largest absolute Gasteiger partial charge is 0.317 e. The Morgan fingerprint density at radius 2 is 2.40 bits per heavy atom. The first kappa shape index (κ1) is 11.1. The van der Waals surface area contributed by atoms with E-state index in [1.54, 1.807) is 11.5 Å². The molecule has 1 saturated carbocycles. The molecule has 1 aliphatic carbocycles. The first-order valence-corrected chi connectivity index (χ1v) is 6.63. The van der Waals surface area contributed by atoms with E-state index in [9.17, 15) is 0 Å². The van der Waals surface area contributed by atoms with Crippen LogP contribution in [-0.2, 0) is 6.42 Å². The second-order valence-corrected chi connectivity index (χ2v) is 5.64. The van der Waals surface area contributed by atoms with E-state index in [0.717, 1.165) is 17.9 Å². The van der Waals surface area contributed by atoms with E-state index in [4.69, 9.17) is 0 Å². The minimum absolute atomic E-state index is 0.735. The first-order valence-electron chi connectivity index (χ1n) is 5.86. The minimum Gasteiger partial charge on any atom is -0.317 e. The molecule has 1 aromatic rings. The number of aromatic nitrogens is 1. The predicted octanol–water partition coefficient (Wildman–Crippen LogP) is 2.71. The van der Waals surface area contributed by atoms with Crippen LogP contribution >= 0.6 is 11.5 Å². The van der Waals surface area contributed by atoms with E-state index in [2.05, 4.69) is 29.7 Å². The maximum Gasteiger partial charge on any atom is 0.0409 e. The van der Waals surface area contributed by atoms with Gasteiger partial charge in [-0.05, 0) is 62.2 Å². The molecule has 1 aromatic heterocycles. The fourth-order valence-corrected chi connectivity index (χ4v) is 3.24. The van der Waals surface area contributed by atoms with Gasteiger partial charge < -0.3 is 5.32 Å². The molecule has 0 aromatic carbocycles. The van der Waals surface area contributed by atoms with Gasteiger partial charge in [0.1, 0.15) is 0 Å². The quantitative estimate of drug-likeness (QED) is 0.854. The minimum atomic E-state index is 0.735. The zero-order valence-corrected chi connectivity index (χ0v) is 10.4. The van der Waals surface area contributed by atoms with Crippen molar-refractivity contribution in [2.45, 2.75) is 38.6 Å². The van der Waals surface area contributed by atoms with Crippen LogP contribution < -0.4 is 5.32 Å². The molecule has 0 bridgehead atoms. The van der Waals surface area contributed by atoms with Crippen LogP contribution in [0.2, 0.25) is 0 Å². The molecule has 0 amide bonds. The predicted molar refractivity (Wildman–Crippen MR) is 65.2 cm³/mol. The summed E-state index contributed by atoms with van der Waals surface area (Å²) in [7, 11) is 2.09. The zero-order chi connectivity index (χ0) is 10.7. The fourth-order valence-electron chi connectivity index (χ4n) is 2.57. The van der Waals surface area contributed by atoms with Gasteiger partial charge in [-0.15, -0.1) is 0 Å². The fraction of sp³-hybridized carbons (Fsp3) is 0.750. The van der Waals surface area contributed by atoms with E-state index < -0.39 is 0 Å². The van der Waals surface area contributed by atoms with Gasteiger partial charge in [0.25, 0.3) is 0 Å². The molecule has 3 atom stereocenters. The van der Waals surface area contributed by atoms with Crippen molar-refractivity contribution >= 4 is 11.5 Å². The molecule has 2 nitrogen and oxygen atoms in total. The summed E-state index contributed by atoms with van der Waals surface area (Å²) in [6.07, 6.45) is 7.19. The van der Waals surface area contributed by atoms with Gasteiger partial charge >= 0.3 is 0 Å². The van der Waals surface area contributed by atoms with Gasteiger partial charge in [0.2, 0.25) is 0 Å². The van der Waals surface area contributed by atoms with Crippen molar-refractivity contribution in [3.05, 3.63) is 17.1 Å². The van der Waals surface area contributed by atoms with Crippen LogP contribution in [0.1, 0.15) is 31.1 Å². The SMILES string of the molecule is CNC1CCC(C)C(Cc2ccns2)C1. The normalized spacial score (nSPS) is 31.7. The Hall–Kier alpha value is -0.410. The Kier molecular flexibility index (Phi) is 3.76. The van der Waals surface area contributed by atoms with Gasteiger partial charge in [0.15, 0.2) is 0 Å². The summed E-state index contributed by atoms with van der Waals surface area (Å²) in [6.45, 7) is 2.40. The summed E-state index contributed by atoms with van der Waals surface area (Å²) in [5, 5.41) is 3.42. The number of hydrogen-bond acceptors (Lipinski definition) is 3. The molecule has 84 valence electrons. The molecule has 15 heavy (non-hydrogen) atoms. The number of nitrogens with one attached hydrogen (secondary N) is 1. The van der Waals surface area contributed by atoms with Crippen LogP contribution in [0.15, 0.2) is 12.3 Å². The molecular weight excluding hydrogens is 204 g/mol. The maximum atomic E-state index is 4.18. The second-order valence-electron chi connectivity index (χ2n) is 4.72. The Bertz CT molecular complexity index is 284. The molecule has 2 rings (SSSR count). The van der Waals surface area contributed by atoms with Gasteiger partial charge in [-0.25, -0.2) is 4.37 Å². The lowest BCUT2D eigenvalue weighted by Crippen LogP contribution is -2.35. The van der Waals surface area contributed by atoms with Crippen molar-refractivity contribution in [3.63, 3.8) is 0 Å². The van der Waals surface area contributed by atoms with Crippen molar-refractivity contribution < 1.29 is 0 Å². The van der Waals surface area contributed by atoms with Gasteiger partial charge in [-0.3, -0.25) is 0 Å². The van der Waals surface area contributed by atoms with E-state index in [-0.39, 0.29) is 0 Å². The monoisotopic (exact) mass is 224 g/mol. The van der Waals surface area contributed by atoms with Crippen LogP contribution in [0.3, 0.4) is 0 Å². The van der Waals surface area contributed by atoms with Crippen LogP contribution in [0, 0.1) is 11.8 Å². The summed E-state index contributed by atoms with van der Waals surface area (Å²) in [4.78, 5) is 1.45. The molecule has 3 unspecified atom stereocenters. The molecule has 1 heterocycles. The molecule has 3 heteroatoms. The van der Waals surface area contributed by atoms with Crippen molar-refractivity contribution in [2.24, 2.45) is 11.8 Å².